The van der Waals surface area contributed by atoms with Crippen LogP contribution >= 0.6 is 31.9 Å². The van der Waals surface area contributed by atoms with E-state index in [1.54, 1.807) is 0 Å². The van der Waals surface area contributed by atoms with Gasteiger partial charge in [-0.3, -0.25) is 4.79 Å². The highest BCUT2D eigenvalue weighted by molar-refractivity contribution is 9.10. The van der Waals surface area contributed by atoms with Crippen molar-refractivity contribution in [2.24, 2.45) is 5.92 Å². The van der Waals surface area contributed by atoms with Crippen molar-refractivity contribution in [2.75, 3.05) is 5.33 Å². The maximum atomic E-state index is 11.5. The van der Waals surface area contributed by atoms with Crippen LogP contribution in [0.15, 0.2) is 23.8 Å². The minimum atomic E-state index is -0.126. The molecule has 0 bridgehead atoms. The average Bonchev–Trinajstić information content (AvgIpc) is 2.08. The van der Waals surface area contributed by atoms with Gasteiger partial charge >= 0.3 is 0 Å². The van der Waals surface area contributed by atoms with Crippen molar-refractivity contribution in [3.63, 3.8) is 0 Å². The molecule has 0 saturated heterocycles. The Balaban J connectivity index is 2.82. The van der Waals surface area contributed by atoms with Crippen molar-refractivity contribution >= 4 is 37.6 Å². The topological polar surface area (TPSA) is 17.1 Å². The van der Waals surface area contributed by atoms with Crippen LogP contribution in [0.4, 0.5) is 0 Å². The fourth-order valence-corrected chi connectivity index (χ4v) is 1.87. The molecule has 1 nitrogen and oxygen atoms in total. The molecule has 0 aromatic heterocycles. The van der Waals surface area contributed by atoms with Crippen molar-refractivity contribution < 1.29 is 4.79 Å². The Labute approximate surface area is 89.2 Å². The zero-order valence-corrected chi connectivity index (χ0v) is 9.93. The Morgan fingerprint density at radius 1 is 1.67 bits per heavy atom. The third-order valence-electron chi connectivity index (χ3n) is 1.85. The van der Waals surface area contributed by atoms with Gasteiger partial charge in [0.25, 0.3) is 0 Å². The standard InChI is InChI=1S/C9H10Br2O/c1-6(5-10)7-3-2-4-8(11)9(7)12/h2-4,6,8H,5H2,1H3/t6?,8-/m0/s1. The van der Waals surface area contributed by atoms with Gasteiger partial charge in [-0.05, 0) is 5.92 Å². The van der Waals surface area contributed by atoms with Crippen molar-refractivity contribution in [1.82, 2.24) is 0 Å². The first-order valence-corrected chi connectivity index (χ1v) is 5.83. The molecule has 0 spiro atoms. The monoisotopic (exact) mass is 292 g/mol. The number of halogens is 2. The van der Waals surface area contributed by atoms with Gasteiger partial charge in [0.2, 0.25) is 0 Å². The molecule has 0 aromatic rings. The van der Waals surface area contributed by atoms with Crippen LogP contribution in [0, 0.1) is 5.92 Å². The van der Waals surface area contributed by atoms with Gasteiger partial charge in [0.15, 0.2) is 5.78 Å². The Morgan fingerprint density at radius 3 is 2.92 bits per heavy atom. The van der Waals surface area contributed by atoms with Gasteiger partial charge in [-0.1, -0.05) is 57.0 Å². The lowest BCUT2D eigenvalue weighted by molar-refractivity contribution is -0.114. The summed E-state index contributed by atoms with van der Waals surface area (Å²) in [5.74, 6) is 0.479. The van der Waals surface area contributed by atoms with Crippen molar-refractivity contribution in [1.29, 1.82) is 0 Å². The molecule has 0 heterocycles. The first-order chi connectivity index (χ1) is 5.66. The number of ketones is 1. The summed E-state index contributed by atoms with van der Waals surface area (Å²) in [5, 5.41) is 0.831. The summed E-state index contributed by atoms with van der Waals surface area (Å²) in [5.41, 5.74) is 0.899. The zero-order chi connectivity index (χ0) is 9.14. The molecule has 66 valence electrons. The second-order valence-corrected chi connectivity index (χ2v) is 4.46. The third kappa shape index (κ3) is 2.07. The van der Waals surface area contributed by atoms with E-state index in [9.17, 15) is 4.79 Å². The minimum absolute atomic E-state index is 0.126. The van der Waals surface area contributed by atoms with E-state index in [2.05, 4.69) is 31.9 Å². The molecule has 1 rings (SSSR count). The number of hydrogen-bond acceptors (Lipinski definition) is 1. The van der Waals surface area contributed by atoms with Crippen LogP contribution in [0.1, 0.15) is 6.92 Å². The molecule has 0 radical (unpaired) electrons. The number of rotatable bonds is 2. The van der Waals surface area contributed by atoms with Gasteiger partial charge in [0.1, 0.15) is 0 Å². The molecule has 0 aromatic carbocycles. The minimum Gasteiger partial charge on any atom is -0.293 e. The molecule has 0 N–H and O–H groups in total. The maximum absolute atomic E-state index is 11.5. The third-order valence-corrected chi connectivity index (χ3v) is 3.55. The molecule has 0 amide bonds. The molecule has 0 saturated carbocycles. The maximum Gasteiger partial charge on any atom is 0.176 e. The SMILES string of the molecule is CC(CBr)C1=CC=C[C@H](Br)C1=O. The van der Waals surface area contributed by atoms with Gasteiger partial charge in [-0.15, -0.1) is 0 Å². The van der Waals surface area contributed by atoms with Gasteiger partial charge < -0.3 is 0 Å². The van der Waals surface area contributed by atoms with Crippen molar-refractivity contribution in [2.45, 2.75) is 11.8 Å². The van der Waals surface area contributed by atoms with E-state index >= 15 is 0 Å². The fourth-order valence-electron chi connectivity index (χ4n) is 1.08. The van der Waals surface area contributed by atoms with Crippen LogP contribution in [-0.2, 0) is 4.79 Å². The predicted molar refractivity (Wildman–Crippen MR) is 57.9 cm³/mol. The van der Waals surface area contributed by atoms with Crippen LogP contribution in [-0.4, -0.2) is 15.9 Å². The van der Waals surface area contributed by atoms with E-state index < -0.39 is 0 Å². The first-order valence-electron chi connectivity index (χ1n) is 3.79. The lowest BCUT2D eigenvalue weighted by Gasteiger charge is -2.16. The Kier molecular flexibility index (Phi) is 3.72. The summed E-state index contributed by atoms with van der Waals surface area (Å²) >= 11 is 6.66. The van der Waals surface area contributed by atoms with Crippen LogP contribution in [0.2, 0.25) is 0 Å². The number of carbonyl (C=O) groups is 1. The van der Waals surface area contributed by atoms with Crippen LogP contribution in [0.3, 0.4) is 0 Å². The fraction of sp³-hybridized carbons (Fsp3) is 0.444. The molecule has 2 atom stereocenters. The average molecular weight is 294 g/mol. The van der Waals surface area contributed by atoms with Gasteiger partial charge in [0.05, 0.1) is 4.83 Å². The summed E-state index contributed by atoms with van der Waals surface area (Å²) in [7, 11) is 0. The highest BCUT2D eigenvalue weighted by Crippen LogP contribution is 2.22. The quantitative estimate of drug-likeness (QED) is 0.716. The summed E-state index contributed by atoms with van der Waals surface area (Å²) in [6.45, 7) is 2.04. The van der Waals surface area contributed by atoms with E-state index in [0.29, 0.717) is 5.92 Å². The molecule has 12 heavy (non-hydrogen) atoms. The number of hydrogen-bond donors (Lipinski definition) is 0. The first kappa shape index (κ1) is 10.2. The predicted octanol–water partition coefficient (Wildman–Crippen LogP) is 2.85. The zero-order valence-electron chi connectivity index (χ0n) is 6.76. The lowest BCUT2D eigenvalue weighted by atomic mass is 9.94. The molecular weight excluding hydrogens is 284 g/mol. The number of alkyl halides is 2. The smallest absolute Gasteiger partial charge is 0.176 e. The molecule has 0 aliphatic heterocycles. The largest absolute Gasteiger partial charge is 0.293 e. The number of allylic oxidation sites excluding steroid dienone is 4. The Hall–Kier alpha value is 0.110. The summed E-state index contributed by atoms with van der Waals surface area (Å²) < 4.78 is 0. The van der Waals surface area contributed by atoms with Crippen LogP contribution < -0.4 is 0 Å². The van der Waals surface area contributed by atoms with Gasteiger partial charge in [-0.25, -0.2) is 0 Å². The van der Waals surface area contributed by atoms with Crippen LogP contribution in [0.5, 0.6) is 0 Å². The Morgan fingerprint density at radius 2 is 2.33 bits per heavy atom. The number of carbonyl (C=O) groups excluding carboxylic acids is 1. The molecule has 1 unspecified atom stereocenters. The Bertz CT molecular complexity index is 243. The molecule has 1 aliphatic carbocycles. The summed E-state index contributed by atoms with van der Waals surface area (Å²) in [6, 6.07) is 0. The highest BCUT2D eigenvalue weighted by atomic mass is 79.9. The van der Waals surface area contributed by atoms with E-state index in [4.69, 9.17) is 0 Å². The van der Waals surface area contributed by atoms with E-state index in [-0.39, 0.29) is 10.6 Å². The van der Waals surface area contributed by atoms with Gasteiger partial charge in [0, 0.05) is 10.9 Å². The molecule has 3 heteroatoms. The van der Waals surface area contributed by atoms with Gasteiger partial charge in [-0.2, -0.15) is 0 Å². The van der Waals surface area contributed by atoms with E-state index in [1.165, 1.54) is 0 Å². The summed E-state index contributed by atoms with van der Waals surface area (Å²) in [6.07, 6.45) is 5.67. The second-order valence-electron chi connectivity index (χ2n) is 2.83. The second kappa shape index (κ2) is 4.38. The summed E-state index contributed by atoms with van der Waals surface area (Å²) in [4.78, 5) is 11.4. The molecular formula is C9H10Br2O. The van der Waals surface area contributed by atoms with E-state index in [0.717, 1.165) is 10.9 Å². The van der Waals surface area contributed by atoms with E-state index in [1.807, 2.05) is 25.2 Å². The van der Waals surface area contributed by atoms with Crippen LogP contribution in [0.25, 0.3) is 0 Å². The normalized spacial score (nSPS) is 25.4. The molecule has 0 fully saturated rings. The lowest BCUT2D eigenvalue weighted by Crippen LogP contribution is -2.21. The van der Waals surface area contributed by atoms with Crippen molar-refractivity contribution in [3.8, 4) is 0 Å². The highest BCUT2D eigenvalue weighted by Gasteiger charge is 2.22. The number of Topliss-reactive ketones (excluding diaryl/α,β-unsaturated/α-hetero) is 1. The molecule has 1 aliphatic rings. The van der Waals surface area contributed by atoms with Crippen molar-refractivity contribution in [3.05, 3.63) is 23.8 Å².